The van der Waals surface area contributed by atoms with Gasteiger partial charge in [-0.05, 0) is 19.1 Å². The largest absolute Gasteiger partial charge is 0.368 e. The van der Waals surface area contributed by atoms with Crippen molar-refractivity contribution >= 4 is 16.8 Å². The van der Waals surface area contributed by atoms with Crippen LogP contribution in [0.1, 0.15) is 5.56 Å². The first-order chi connectivity index (χ1) is 6.66. The van der Waals surface area contributed by atoms with Crippen molar-refractivity contribution in [3.05, 3.63) is 30.0 Å². The first-order valence-electron chi connectivity index (χ1n) is 4.37. The van der Waals surface area contributed by atoms with Gasteiger partial charge in [-0.3, -0.25) is 9.48 Å². The van der Waals surface area contributed by atoms with Gasteiger partial charge in [0.25, 0.3) is 0 Å². The number of hydrogen-bond donors (Lipinski definition) is 1. The molecule has 0 aliphatic rings. The van der Waals surface area contributed by atoms with Gasteiger partial charge >= 0.3 is 0 Å². The fourth-order valence-corrected chi connectivity index (χ4v) is 1.48. The zero-order valence-electron chi connectivity index (χ0n) is 7.90. The average molecular weight is 189 g/mol. The zero-order chi connectivity index (χ0) is 10.1. The van der Waals surface area contributed by atoms with Crippen LogP contribution in [0.4, 0.5) is 0 Å². The van der Waals surface area contributed by atoms with Crippen molar-refractivity contribution in [1.29, 1.82) is 0 Å². The van der Waals surface area contributed by atoms with Gasteiger partial charge < -0.3 is 5.73 Å². The maximum atomic E-state index is 10.7. The predicted octanol–water partition coefficient (Wildman–Crippen LogP) is 0.830. The quantitative estimate of drug-likeness (QED) is 0.760. The Labute approximate surface area is 81.3 Å². The van der Waals surface area contributed by atoms with Gasteiger partial charge in [0.2, 0.25) is 5.91 Å². The Morgan fingerprint density at radius 2 is 2.36 bits per heavy atom. The summed E-state index contributed by atoms with van der Waals surface area (Å²) in [5.74, 6) is -0.379. The van der Waals surface area contributed by atoms with E-state index in [-0.39, 0.29) is 12.5 Å². The van der Waals surface area contributed by atoms with E-state index in [1.54, 1.807) is 10.9 Å². The Morgan fingerprint density at radius 3 is 3.07 bits per heavy atom. The molecule has 72 valence electrons. The van der Waals surface area contributed by atoms with E-state index in [0.717, 1.165) is 10.9 Å². The lowest BCUT2D eigenvalue weighted by Crippen LogP contribution is -2.19. The average Bonchev–Trinajstić information content (AvgIpc) is 2.47. The van der Waals surface area contributed by atoms with Crippen LogP contribution >= 0.6 is 0 Å². The van der Waals surface area contributed by atoms with Gasteiger partial charge in [0, 0.05) is 5.39 Å². The summed E-state index contributed by atoms with van der Waals surface area (Å²) in [7, 11) is 0. The van der Waals surface area contributed by atoms with Gasteiger partial charge in [-0.2, -0.15) is 5.10 Å². The number of carbonyl (C=O) groups excluding carboxylic acids is 1. The maximum absolute atomic E-state index is 10.7. The number of hydrogen-bond acceptors (Lipinski definition) is 2. The van der Waals surface area contributed by atoms with Crippen LogP contribution in [0.5, 0.6) is 0 Å². The number of amides is 1. The number of fused-ring (bicyclic) bond motifs is 1. The molecule has 0 atom stereocenters. The highest BCUT2D eigenvalue weighted by Gasteiger charge is 2.04. The van der Waals surface area contributed by atoms with E-state index >= 15 is 0 Å². The van der Waals surface area contributed by atoms with E-state index in [1.165, 1.54) is 5.56 Å². The lowest BCUT2D eigenvalue weighted by molar-refractivity contribution is -0.118. The first-order valence-corrected chi connectivity index (χ1v) is 4.37. The molecule has 0 fully saturated rings. The molecule has 1 aromatic carbocycles. The van der Waals surface area contributed by atoms with Crippen LogP contribution in [0.3, 0.4) is 0 Å². The second-order valence-corrected chi connectivity index (χ2v) is 3.33. The Bertz CT molecular complexity index is 487. The molecule has 1 heterocycles. The molecule has 14 heavy (non-hydrogen) atoms. The second-order valence-electron chi connectivity index (χ2n) is 3.33. The van der Waals surface area contributed by atoms with Crippen LogP contribution in [0.2, 0.25) is 0 Å². The molecular formula is C10H11N3O. The molecule has 0 saturated heterocycles. The van der Waals surface area contributed by atoms with Crippen molar-refractivity contribution in [2.45, 2.75) is 13.5 Å². The van der Waals surface area contributed by atoms with Gasteiger partial charge in [-0.15, -0.1) is 0 Å². The first kappa shape index (κ1) is 8.74. The summed E-state index contributed by atoms with van der Waals surface area (Å²) in [5.41, 5.74) is 7.22. The summed E-state index contributed by atoms with van der Waals surface area (Å²) in [6.07, 6.45) is 1.74. The molecule has 0 bridgehead atoms. The molecule has 0 aliphatic carbocycles. The molecule has 4 nitrogen and oxygen atoms in total. The number of primary amides is 1. The smallest absolute Gasteiger partial charge is 0.239 e. The van der Waals surface area contributed by atoms with E-state index in [0.29, 0.717) is 0 Å². The number of carbonyl (C=O) groups is 1. The van der Waals surface area contributed by atoms with Crippen molar-refractivity contribution in [3.63, 3.8) is 0 Å². The fraction of sp³-hybridized carbons (Fsp3) is 0.200. The summed E-state index contributed by atoms with van der Waals surface area (Å²) >= 11 is 0. The number of rotatable bonds is 2. The molecule has 0 spiro atoms. The number of nitrogens with zero attached hydrogens (tertiary/aromatic N) is 2. The van der Waals surface area contributed by atoms with Crippen LogP contribution < -0.4 is 5.73 Å². The van der Waals surface area contributed by atoms with Crippen molar-refractivity contribution in [3.8, 4) is 0 Å². The van der Waals surface area contributed by atoms with Crippen molar-refractivity contribution in [2.75, 3.05) is 0 Å². The maximum Gasteiger partial charge on any atom is 0.239 e. The Balaban J connectivity index is 2.52. The standard InChI is InChI=1S/C10H11N3O/c1-7-2-3-9-8(4-7)5-12-13(9)6-10(11)14/h2-5H,6H2,1H3,(H2,11,14). The van der Waals surface area contributed by atoms with Crippen molar-refractivity contribution in [2.24, 2.45) is 5.73 Å². The molecule has 2 rings (SSSR count). The summed E-state index contributed by atoms with van der Waals surface area (Å²) in [4.78, 5) is 10.7. The van der Waals surface area contributed by atoms with Crippen LogP contribution in [0.15, 0.2) is 24.4 Å². The Morgan fingerprint density at radius 1 is 1.57 bits per heavy atom. The van der Waals surface area contributed by atoms with E-state index < -0.39 is 0 Å². The van der Waals surface area contributed by atoms with Gasteiger partial charge in [0.05, 0.1) is 11.7 Å². The van der Waals surface area contributed by atoms with E-state index in [9.17, 15) is 4.79 Å². The highest BCUT2D eigenvalue weighted by Crippen LogP contribution is 2.14. The van der Waals surface area contributed by atoms with Gasteiger partial charge in [-0.25, -0.2) is 0 Å². The number of aromatic nitrogens is 2. The Hall–Kier alpha value is -1.84. The molecule has 2 N–H and O–H groups in total. The highest BCUT2D eigenvalue weighted by atomic mass is 16.1. The van der Waals surface area contributed by atoms with Crippen LogP contribution in [0, 0.1) is 6.92 Å². The molecule has 0 saturated carbocycles. The third-order valence-electron chi connectivity index (χ3n) is 2.10. The normalized spacial score (nSPS) is 10.6. The lowest BCUT2D eigenvalue weighted by atomic mass is 10.2. The fourth-order valence-electron chi connectivity index (χ4n) is 1.48. The minimum Gasteiger partial charge on any atom is -0.368 e. The van der Waals surface area contributed by atoms with E-state index in [4.69, 9.17) is 5.73 Å². The highest BCUT2D eigenvalue weighted by molar-refractivity contribution is 5.81. The second kappa shape index (κ2) is 3.14. The summed E-state index contributed by atoms with van der Waals surface area (Å²) in [6, 6.07) is 5.96. The third-order valence-corrected chi connectivity index (χ3v) is 2.10. The molecule has 0 unspecified atom stereocenters. The molecule has 0 aliphatic heterocycles. The lowest BCUT2D eigenvalue weighted by Gasteiger charge is -1.99. The molecule has 2 aromatic rings. The molecule has 0 radical (unpaired) electrons. The van der Waals surface area contributed by atoms with Gasteiger partial charge in [0.15, 0.2) is 0 Å². The van der Waals surface area contributed by atoms with Gasteiger partial charge in [-0.1, -0.05) is 11.6 Å². The third kappa shape index (κ3) is 1.46. The van der Waals surface area contributed by atoms with E-state index in [1.807, 2.05) is 25.1 Å². The van der Waals surface area contributed by atoms with E-state index in [2.05, 4.69) is 5.10 Å². The zero-order valence-corrected chi connectivity index (χ0v) is 7.90. The van der Waals surface area contributed by atoms with Crippen LogP contribution in [-0.4, -0.2) is 15.7 Å². The van der Waals surface area contributed by atoms with Gasteiger partial charge in [0.1, 0.15) is 6.54 Å². The van der Waals surface area contributed by atoms with Crippen LogP contribution in [0.25, 0.3) is 10.9 Å². The van der Waals surface area contributed by atoms with Crippen molar-refractivity contribution < 1.29 is 4.79 Å². The number of aryl methyl sites for hydroxylation is 1. The SMILES string of the molecule is Cc1ccc2c(cnn2CC(N)=O)c1. The topological polar surface area (TPSA) is 60.9 Å². The van der Waals surface area contributed by atoms with Crippen molar-refractivity contribution in [1.82, 2.24) is 9.78 Å². The summed E-state index contributed by atoms with van der Waals surface area (Å²) in [5, 5.41) is 5.13. The predicted molar refractivity (Wildman–Crippen MR) is 53.7 cm³/mol. The minimum atomic E-state index is -0.379. The minimum absolute atomic E-state index is 0.132. The molecule has 4 heteroatoms. The number of nitrogens with two attached hydrogens (primary N) is 1. The monoisotopic (exact) mass is 189 g/mol. The molecule has 1 aromatic heterocycles. The van der Waals surface area contributed by atoms with Crippen LogP contribution in [-0.2, 0) is 11.3 Å². The molecular weight excluding hydrogens is 178 g/mol. The Kier molecular flexibility index (Phi) is 1.96. The molecule has 1 amide bonds. The summed E-state index contributed by atoms with van der Waals surface area (Å²) < 4.78 is 1.61. The summed E-state index contributed by atoms with van der Waals surface area (Å²) in [6.45, 7) is 2.15. The number of benzene rings is 1.